The number of benzene rings is 1. The molecule has 0 aliphatic carbocycles. The highest BCUT2D eigenvalue weighted by molar-refractivity contribution is 6.35. The quantitative estimate of drug-likeness (QED) is 0.850. The minimum atomic E-state index is -1.09. The molecule has 0 aliphatic rings. The van der Waals surface area contributed by atoms with E-state index in [0.717, 1.165) is 0 Å². The van der Waals surface area contributed by atoms with Gasteiger partial charge in [0.1, 0.15) is 5.69 Å². The van der Waals surface area contributed by atoms with E-state index in [9.17, 15) is 9.18 Å². The van der Waals surface area contributed by atoms with E-state index in [1.54, 1.807) is 6.07 Å². The van der Waals surface area contributed by atoms with Gasteiger partial charge in [-0.25, -0.2) is 9.18 Å². The summed E-state index contributed by atoms with van der Waals surface area (Å²) in [6.07, 6.45) is 1.53. The van der Waals surface area contributed by atoms with E-state index in [1.165, 1.54) is 29.0 Å². The van der Waals surface area contributed by atoms with Crippen LogP contribution in [0, 0.1) is 5.82 Å². The van der Waals surface area contributed by atoms with Crippen molar-refractivity contribution >= 4 is 29.2 Å². The highest BCUT2D eigenvalue weighted by atomic mass is 35.5. The zero-order valence-corrected chi connectivity index (χ0v) is 9.84. The van der Waals surface area contributed by atoms with Crippen LogP contribution in [-0.4, -0.2) is 15.6 Å². The minimum Gasteiger partial charge on any atom is -0.477 e. The van der Waals surface area contributed by atoms with Gasteiger partial charge in [-0.3, -0.25) is 0 Å². The molecule has 0 amide bonds. The van der Waals surface area contributed by atoms with Crippen molar-refractivity contribution in [3.63, 3.8) is 0 Å². The van der Waals surface area contributed by atoms with Crippen LogP contribution < -0.4 is 0 Å². The predicted octanol–water partition coefficient (Wildman–Crippen LogP) is 3.62. The topological polar surface area (TPSA) is 42.2 Å². The van der Waals surface area contributed by atoms with Gasteiger partial charge in [0, 0.05) is 11.9 Å². The third kappa shape index (κ3) is 2.14. The Hall–Kier alpha value is -1.52. The fourth-order valence-electron chi connectivity index (χ4n) is 1.46. The SMILES string of the molecule is O=C(O)c1cccn1-c1cc(Cl)c(F)c(Cl)c1. The Balaban J connectivity index is 2.61. The maximum Gasteiger partial charge on any atom is 0.352 e. The van der Waals surface area contributed by atoms with Crippen molar-refractivity contribution in [2.75, 3.05) is 0 Å². The smallest absolute Gasteiger partial charge is 0.352 e. The lowest BCUT2D eigenvalue weighted by Crippen LogP contribution is -2.05. The largest absolute Gasteiger partial charge is 0.477 e. The molecule has 2 rings (SSSR count). The van der Waals surface area contributed by atoms with Crippen LogP contribution in [0.4, 0.5) is 4.39 Å². The molecule has 2 aromatic rings. The number of hydrogen-bond donors (Lipinski definition) is 1. The van der Waals surface area contributed by atoms with Crippen LogP contribution in [-0.2, 0) is 0 Å². The van der Waals surface area contributed by atoms with E-state index in [-0.39, 0.29) is 15.7 Å². The van der Waals surface area contributed by atoms with Crippen molar-refractivity contribution in [2.24, 2.45) is 0 Å². The Morgan fingerprint density at radius 1 is 1.29 bits per heavy atom. The first-order valence-corrected chi connectivity index (χ1v) is 5.32. The zero-order chi connectivity index (χ0) is 12.6. The number of aromatic nitrogens is 1. The molecule has 0 aliphatic heterocycles. The van der Waals surface area contributed by atoms with Gasteiger partial charge in [0.05, 0.1) is 10.0 Å². The van der Waals surface area contributed by atoms with E-state index in [4.69, 9.17) is 28.3 Å². The van der Waals surface area contributed by atoms with Crippen molar-refractivity contribution < 1.29 is 14.3 Å². The normalized spacial score (nSPS) is 10.5. The van der Waals surface area contributed by atoms with E-state index in [2.05, 4.69) is 0 Å². The maximum atomic E-state index is 13.2. The minimum absolute atomic E-state index is 0.0451. The second-order valence-corrected chi connectivity index (χ2v) is 4.11. The van der Waals surface area contributed by atoms with Crippen LogP contribution in [0.2, 0.25) is 10.0 Å². The number of rotatable bonds is 2. The molecule has 17 heavy (non-hydrogen) atoms. The van der Waals surface area contributed by atoms with Gasteiger partial charge < -0.3 is 9.67 Å². The summed E-state index contributed by atoms with van der Waals surface area (Å²) >= 11 is 11.3. The number of carboxylic acid groups (broad SMARTS) is 1. The summed E-state index contributed by atoms with van der Waals surface area (Å²) in [6, 6.07) is 5.62. The Kier molecular flexibility index (Phi) is 3.09. The fraction of sp³-hybridized carbons (Fsp3) is 0. The van der Waals surface area contributed by atoms with Crippen molar-refractivity contribution in [3.8, 4) is 5.69 Å². The first-order valence-electron chi connectivity index (χ1n) is 4.56. The lowest BCUT2D eigenvalue weighted by Gasteiger charge is -2.08. The molecular weight excluding hydrogens is 268 g/mol. The van der Waals surface area contributed by atoms with Crippen molar-refractivity contribution in [1.29, 1.82) is 0 Å². The highest BCUT2D eigenvalue weighted by Crippen LogP contribution is 2.27. The standard InChI is InChI=1S/C11H6Cl2FNO2/c12-7-4-6(5-8(13)10(7)14)15-3-1-2-9(15)11(16)17/h1-5H,(H,16,17). The van der Waals surface area contributed by atoms with Crippen LogP contribution in [0.25, 0.3) is 5.69 Å². The van der Waals surface area contributed by atoms with Gasteiger partial charge in [-0.2, -0.15) is 0 Å². The summed E-state index contributed by atoms with van der Waals surface area (Å²) in [5.41, 5.74) is 0.438. The fourth-order valence-corrected chi connectivity index (χ4v) is 1.94. The predicted molar refractivity (Wildman–Crippen MR) is 62.7 cm³/mol. The van der Waals surface area contributed by atoms with E-state index < -0.39 is 11.8 Å². The molecule has 0 saturated carbocycles. The number of carbonyl (C=O) groups is 1. The van der Waals surface area contributed by atoms with Crippen LogP contribution in [0.1, 0.15) is 10.5 Å². The first kappa shape index (κ1) is 12.0. The Morgan fingerprint density at radius 2 is 1.88 bits per heavy atom. The molecule has 1 aromatic heterocycles. The van der Waals surface area contributed by atoms with Gasteiger partial charge in [-0.05, 0) is 24.3 Å². The van der Waals surface area contributed by atoms with E-state index in [1.807, 2.05) is 0 Å². The molecule has 0 unspecified atom stereocenters. The van der Waals surface area contributed by atoms with E-state index in [0.29, 0.717) is 5.69 Å². The summed E-state index contributed by atoms with van der Waals surface area (Å²) in [6.45, 7) is 0. The Bertz CT molecular complexity index is 572. The third-order valence-electron chi connectivity index (χ3n) is 2.21. The van der Waals surface area contributed by atoms with E-state index >= 15 is 0 Å². The average Bonchev–Trinajstić information content (AvgIpc) is 2.74. The number of carboxylic acids is 1. The molecule has 0 radical (unpaired) electrons. The molecule has 3 nitrogen and oxygen atoms in total. The van der Waals surface area contributed by atoms with Gasteiger partial charge in [-0.15, -0.1) is 0 Å². The second-order valence-electron chi connectivity index (χ2n) is 3.29. The van der Waals surface area contributed by atoms with Crippen LogP contribution in [0.5, 0.6) is 0 Å². The number of aromatic carboxylic acids is 1. The average molecular weight is 274 g/mol. The molecule has 0 atom stereocenters. The van der Waals surface area contributed by atoms with Gasteiger partial charge in [-0.1, -0.05) is 23.2 Å². The number of halogens is 3. The summed E-state index contributed by atoms with van der Waals surface area (Å²) in [5, 5.41) is 8.64. The zero-order valence-electron chi connectivity index (χ0n) is 8.32. The van der Waals surface area contributed by atoms with Gasteiger partial charge in [0.25, 0.3) is 0 Å². The summed E-state index contributed by atoms with van der Waals surface area (Å²) in [4.78, 5) is 10.9. The van der Waals surface area contributed by atoms with Crippen LogP contribution in [0.3, 0.4) is 0 Å². The first-order chi connectivity index (χ1) is 8.00. The highest BCUT2D eigenvalue weighted by Gasteiger charge is 2.13. The lowest BCUT2D eigenvalue weighted by atomic mass is 10.3. The summed E-state index contributed by atoms with van der Waals surface area (Å²) in [7, 11) is 0. The molecular formula is C11H6Cl2FNO2. The molecule has 1 N–H and O–H groups in total. The molecule has 0 spiro atoms. The Morgan fingerprint density at radius 3 is 2.41 bits per heavy atom. The van der Waals surface area contributed by atoms with Crippen molar-refractivity contribution in [2.45, 2.75) is 0 Å². The molecule has 0 bridgehead atoms. The Labute approximate surface area is 106 Å². The summed E-state index contributed by atoms with van der Waals surface area (Å²) in [5.74, 6) is -1.81. The van der Waals surface area contributed by atoms with Gasteiger partial charge in [0.15, 0.2) is 5.82 Å². The lowest BCUT2D eigenvalue weighted by molar-refractivity contribution is 0.0688. The van der Waals surface area contributed by atoms with Crippen LogP contribution >= 0.6 is 23.2 Å². The second kappa shape index (κ2) is 4.39. The van der Waals surface area contributed by atoms with Crippen LogP contribution in [0.15, 0.2) is 30.5 Å². The van der Waals surface area contributed by atoms with Crippen molar-refractivity contribution in [3.05, 3.63) is 52.0 Å². The molecule has 6 heteroatoms. The maximum absolute atomic E-state index is 13.2. The van der Waals surface area contributed by atoms with Gasteiger partial charge >= 0.3 is 5.97 Å². The number of nitrogens with zero attached hydrogens (tertiary/aromatic N) is 1. The molecule has 0 fully saturated rings. The van der Waals surface area contributed by atoms with Gasteiger partial charge in [0.2, 0.25) is 0 Å². The summed E-state index contributed by atoms with van der Waals surface area (Å²) < 4.78 is 14.6. The molecule has 1 heterocycles. The monoisotopic (exact) mass is 273 g/mol. The molecule has 1 aromatic carbocycles. The van der Waals surface area contributed by atoms with Crippen molar-refractivity contribution in [1.82, 2.24) is 4.57 Å². The number of hydrogen-bond acceptors (Lipinski definition) is 1. The third-order valence-corrected chi connectivity index (χ3v) is 2.76. The molecule has 0 saturated heterocycles. The molecule has 88 valence electrons.